The Morgan fingerprint density at radius 1 is 1.14 bits per heavy atom. The lowest BCUT2D eigenvalue weighted by Crippen LogP contribution is -2.32. The highest BCUT2D eigenvalue weighted by molar-refractivity contribution is 6.04. The number of nitrogens with zero attached hydrogens (tertiary/aromatic N) is 5. The molecule has 178 valence electrons. The number of nitrogens with two attached hydrogens (primary N) is 1. The molecule has 9 nitrogen and oxygen atoms in total. The number of halogens is 1. The second-order valence-corrected chi connectivity index (χ2v) is 8.30. The highest BCUT2D eigenvalue weighted by Gasteiger charge is 2.19. The molecule has 0 unspecified atom stereocenters. The summed E-state index contributed by atoms with van der Waals surface area (Å²) in [5.74, 6) is -0.612. The number of nitrogens with one attached hydrogen (secondary N) is 1. The first-order chi connectivity index (χ1) is 16.8. The van der Waals surface area contributed by atoms with Crippen LogP contribution in [-0.4, -0.2) is 32.0 Å². The number of fused-ring (bicyclic) bond motifs is 1. The van der Waals surface area contributed by atoms with E-state index in [2.05, 4.69) is 21.6 Å². The first kappa shape index (κ1) is 23.6. The van der Waals surface area contributed by atoms with Crippen molar-refractivity contribution in [3.8, 4) is 11.8 Å². The van der Waals surface area contributed by atoms with Gasteiger partial charge in [-0.05, 0) is 57.0 Å². The summed E-state index contributed by atoms with van der Waals surface area (Å²) in [5.41, 5.74) is 7.30. The number of nitrogen functional groups attached to an aromatic ring is 1. The predicted molar refractivity (Wildman–Crippen MR) is 130 cm³/mol. The van der Waals surface area contributed by atoms with Gasteiger partial charge in [-0.15, -0.1) is 0 Å². The molecule has 0 radical (unpaired) electrons. The number of aromatic nitrogens is 4. The van der Waals surface area contributed by atoms with Crippen LogP contribution in [0.25, 0.3) is 16.5 Å². The molecule has 3 N–H and O–H groups in total. The Balaban J connectivity index is 1.49. The number of carbonyl (C=O) groups is 1. The summed E-state index contributed by atoms with van der Waals surface area (Å²) >= 11 is 0. The van der Waals surface area contributed by atoms with E-state index in [9.17, 15) is 19.2 Å². The molecule has 2 heterocycles. The van der Waals surface area contributed by atoms with Crippen molar-refractivity contribution < 1.29 is 9.18 Å². The number of amides is 1. The minimum Gasteiger partial charge on any atom is -0.382 e. The lowest BCUT2D eigenvalue weighted by molar-refractivity contribution is 0.0947. The predicted octanol–water partition coefficient (Wildman–Crippen LogP) is 3.12. The second kappa shape index (κ2) is 9.77. The van der Waals surface area contributed by atoms with Crippen LogP contribution in [0.15, 0.2) is 53.3 Å². The summed E-state index contributed by atoms with van der Waals surface area (Å²) < 4.78 is 16.0. The summed E-state index contributed by atoms with van der Waals surface area (Å²) in [4.78, 5) is 25.6. The van der Waals surface area contributed by atoms with E-state index < -0.39 is 5.91 Å². The van der Waals surface area contributed by atoms with Crippen molar-refractivity contribution in [3.63, 3.8) is 0 Å². The van der Waals surface area contributed by atoms with E-state index in [-0.39, 0.29) is 34.5 Å². The Hall–Kier alpha value is -4.52. The highest BCUT2D eigenvalue weighted by Crippen LogP contribution is 2.22. The molecule has 2 aromatic carbocycles. The topological polar surface area (TPSA) is 132 Å². The van der Waals surface area contributed by atoms with Gasteiger partial charge in [-0.2, -0.15) is 15.5 Å². The number of anilines is 1. The molecule has 35 heavy (non-hydrogen) atoms. The largest absolute Gasteiger partial charge is 0.382 e. The van der Waals surface area contributed by atoms with Crippen LogP contribution >= 0.6 is 0 Å². The van der Waals surface area contributed by atoms with Gasteiger partial charge >= 0.3 is 0 Å². The van der Waals surface area contributed by atoms with Gasteiger partial charge in [0.1, 0.15) is 23.3 Å². The molecule has 0 atom stereocenters. The standard InChI is InChI=1S/C25H24FN7O2/c1-15(2)32-25(35)19-7-4-3-6-18(19)22(31-32)24(34)29-13-5-8-21-20(14-27)23(28)33(30-21)17-11-9-16(26)10-12-17/h3-4,6-7,9-12,15H,5,8,13,28H2,1-2H3,(H,29,34). The van der Waals surface area contributed by atoms with Crippen molar-refractivity contribution in [2.45, 2.75) is 32.7 Å². The molecule has 0 spiro atoms. The Kier molecular flexibility index (Phi) is 6.59. The fourth-order valence-electron chi connectivity index (χ4n) is 3.82. The Morgan fingerprint density at radius 3 is 2.49 bits per heavy atom. The quantitative estimate of drug-likeness (QED) is 0.397. The summed E-state index contributed by atoms with van der Waals surface area (Å²) in [6.07, 6.45) is 0.878. The Morgan fingerprint density at radius 2 is 1.83 bits per heavy atom. The van der Waals surface area contributed by atoms with Gasteiger partial charge in [0.25, 0.3) is 11.5 Å². The number of aryl methyl sites for hydroxylation is 1. The van der Waals surface area contributed by atoms with Gasteiger partial charge in [0.05, 0.1) is 22.8 Å². The van der Waals surface area contributed by atoms with Crippen LogP contribution in [0.1, 0.15) is 48.1 Å². The van der Waals surface area contributed by atoms with Crippen molar-refractivity contribution in [1.82, 2.24) is 24.9 Å². The monoisotopic (exact) mass is 473 g/mol. The van der Waals surface area contributed by atoms with Crippen molar-refractivity contribution in [3.05, 3.63) is 81.7 Å². The molecule has 0 aliphatic heterocycles. The zero-order valence-electron chi connectivity index (χ0n) is 19.3. The SMILES string of the molecule is CC(C)n1nc(C(=O)NCCCc2nn(-c3ccc(F)cc3)c(N)c2C#N)c2ccccc2c1=O. The van der Waals surface area contributed by atoms with Gasteiger partial charge in [-0.3, -0.25) is 9.59 Å². The van der Waals surface area contributed by atoms with Gasteiger partial charge in [0.2, 0.25) is 0 Å². The molecule has 0 saturated heterocycles. The number of hydrogen-bond acceptors (Lipinski definition) is 6. The van der Waals surface area contributed by atoms with E-state index in [4.69, 9.17) is 5.73 Å². The zero-order chi connectivity index (χ0) is 25.1. The van der Waals surface area contributed by atoms with E-state index in [1.54, 1.807) is 24.3 Å². The Labute approximate surface area is 200 Å². The van der Waals surface area contributed by atoms with Gasteiger partial charge in [-0.25, -0.2) is 13.8 Å². The number of benzene rings is 2. The molecular weight excluding hydrogens is 449 g/mol. The molecule has 1 amide bonds. The zero-order valence-corrected chi connectivity index (χ0v) is 19.3. The van der Waals surface area contributed by atoms with Crippen molar-refractivity contribution in [2.24, 2.45) is 0 Å². The summed E-state index contributed by atoms with van der Waals surface area (Å²) in [7, 11) is 0. The van der Waals surface area contributed by atoms with Crippen LogP contribution in [0.4, 0.5) is 10.2 Å². The maximum Gasteiger partial charge on any atom is 0.274 e. The second-order valence-electron chi connectivity index (χ2n) is 8.30. The van der Waals surface area contributed by atoms with Crippen LogP contribution < -0.4 is 16.6 Å². The molecule has 4 rings (SSSR count). The minimum absolute atomic E-state index is 0.171. The van der Waals surface area contributed by atoms with E-state index in [1.165, 1.54) is 33.6 Å². The van der Waals surface area contributed by atoms with Gasteiger partial charge in [0.15, 0.2) is 5.69 Å². The van der Waals surface area contributed by atoms with E-state index in [0.717, 1.165) is 0 Å². The van der Waals surface area contributed by atoms with E-state index in [0.29, 0.717) is 41.5 Å². The molecule has 2 aromatic heterocycles. The minimum atomic E-state index is -0.396. The third-order valence-electron chi connectivity index (χ3n) is 5.59. The smallest absolute Gasteiger partial charge is 0.274 e. The molecule has 0 aliphatic rings. The molecule has 0 aliphatic carbocycles. The molecule has 0 bridgehead atoms. The number of nitriles is 1. The van der Waals surface area contributed by atoms with Crippen molar-refractivity contribution in [1.29, 1.82) is 5.26 Å². The number of rotatable bonds is 7. The molecule has 0 fully saturated rings. The van der Waals surface area contributed by atoms with Crippen molar-refractivity contribution in [2.75, 3.05) is 12.3 Å². The first-order valence-electron chi connectivity index (χ1n) is 11.1. The maximum absolute atomic E-state index is 13.2. The van der Waals surface area contributed by atoms with Gasteiger partial charge in [0, 0.05) is 11.9 Å². The summed E-state index contributed by atoms with van der Waals surface area (Å²) in [6.45, 7) is 3.95. The Bertz CT molecular complexity index is 1500. The average Bonchev–Trinajstić information content (AvgIpc) is 3.17. The summed E-state index contributed by atoms with van der Waals surface area (Å²) in [6, 6.07) is 14.4. The molecule has 4 aromatic rings. The van der Waals surface area contributed by atoms with Crippen LogP contribution in [0.2, 0.25) is 0 Å². The average molecular weight is 474 g/mol. The first-order valence-corrected chi connectivity index (χ1v) is 11.1. The van der Waals surface area contributed by atoms with Crippen molar-refractivity contribution >= 4 is 22.5 Å². The normalized spacial score (nSPS) is 11.1. The lowest BCUT2D eigenvalue weighted by atomic mass is 10.1. The highest BCUT2D eigenvalue weighted by atomic mass is 19.1. The third kappa shape index (κ3) is 4.61. The van der Waals surface area contributed by atoms with E-state index >= 15 is 0 Å². The lowest BCUT2D eigenvalue weighted by Gasteiger charge is -2.13. The van der Waals surface area contributed by atoms with Gasteiger partial charge < -0.3 is 11.1 Å². The third-order valence-corrected chi connectivity index (χ3v) is 5.59. The van der Waals surface area contributed by atoms with Crippen LogP contribution in [-0.2, 0) is 6.42 Å². The number of carbonyl (C=O) groups excluding carboxylic acids is 1. The maximum atomic E-state index is 13.2. The van der Waals surface area contributed by atoms with Gasteiger partial charge in [-0.1, -0.05) is 18.2 Å². The van der Waals surface area contributed by atoms with Crippen LogP contribution in [0.5, 0.6) is 0 Å². The molecule has 0 saturated carbocycles. The fraction of sp³-hybridized carbons (Fsp3) is 0.240. The fourth-order valence-corrected chi connectivity index (χ4v) is 3.82. The number of hydrogen-bond donors (Lipinski definition) is 2. The molecule has 10 heteroatoms. The molecular formula is C25H24FN7O2. The van der Waals surface area contributed by atoms with E-state index in [1.807, 2.05) is 13.8 Å². The summed E-state index contributed by atoms with van der Waals surface area (Å²) in [5, 5.41) is 22.0. The van der Waals surface area contributed by atoms with Crippen LogP contribution in [0, 0.1) is 17.1 Å². The van der Waals surface area contributed by atoms with Crippen LogP contribution in [0.3, 0.4) is 0 Å².